The summed E-state index contributed by atoms with van der Waals surface area (Å²) in [6.07, 6.45) is 3.31. The summed E-state index contributed by atoms with van der Waals surface area (Å²) >= 11 is 3.44. The third-order valence-electron chi connectivity index (χ3n) is 4.10. The Labute approximate surface area is 104 Å². The molecule has 0 unspecified atom stereocenters. The maximum atomic E-state index is 11.9. The Balaban J connectivity index is 1.95. The lowest BCUT2D eigenvalue weighted by atomic mass is 9.61. The third kappa shape index (κ3) is 1.34. The van der Waals surface area contributed by atoms with Gasteiger partial charge in [-0.3, -0.25) is 4.79 Å². The molecule has 0 bridgehead atoms. The molecule has 1 aliphatic carbocycles. The van der Waals surface area contributed by atoms with Crippen molar-refractivity contribution in [3.63, 3.8) is 0 Å². The predicted molar refractivity (Wildman–Crippen MR) is 66.2 cm³/mol. The number of amides is 1. The first-order valence-electron chi connectivity index (χ1n) is 5.76. The SMILES string of the molecule is O=C1NC[C@H](c2ccc(Br)cc2)C12CCC2. The van der Waals surface area contributed by atoms with Crippen LogP contribution in [0.25, 0.3) is 0 Å². The quantitative estimate of drug-likeness (QED) is 0.842. The van der Waals surface area contributed by atoms with E-state index in [0.717, 1.165) is 23.9 Å². The number of halogens is 1. The highest BCUT2D eigenvalue weighted by molar-refractivity contribution is 9.10. The van der Waals surface area contributed by atoms with Gasteiger partial charge in [-0.25, -0.2) is 0 Å². The number of carbonyl (C=O) groups is 1. The molecule has 1 saturated heterocycles. The number of rotatable bonds is 1. The summed E-state index contributed by atoms with van der Waals surface area (Å²) in [5, 5.41) is 3.02. The zero-order valence-electron chi connectivity index (χ0n) is 9.00. The Hall–Kier alpha value is -0.830. The van der Waals surface area contributed by atoms with Crippen molar-refractivity contribution < 1.29 is 4.79 Å². The lowest BCUT2D eigenvalue weighted by Crippen LogP contribution is -2.40. The number of benzene rings is 1. The van der Waals surface area contributed by atoms with Crippen LogP contribution in [0.15, 0.2) is 28.7 Å². The topological polar surface area (TPSA) is 29.1 Å². The van der Waals surface area contributed by atoms with Crippen LogP contribution >= 0.6 is 15.9 Å². The molecule has 16 heavy (non-hydrogen) atoms. The molecule has 0 radical (unpaired) electrons. The second-order valence-electron chi connectivity index (χ2n) is 4.82. The van der Waals surface area contributed by atoms with Crippen molar-refractivity contribution >= 4 is 21.8 Å². The van der Waals surface area contributed by atoms with Gasteiger partial charge in [0, 0.05) is 16.9 Å². The van der Waals surface area contributed by atoms with Gasteiger partial charge < -0.3 is 5.32 Å². The van der Waals surface area contributed by atoms with Gasteiger partial charge in [-0.2, -0.15) is 0 Å². The molecule has 3 rings (SSSR count). The molecule has 1 N–H and O–H groups in total. The number of hydrogen-bond acceptors (Lipinski definition) is 1. The van der Waals surface area contributed by atoms with Crippen LogP contribution in [0.1, 0.15) is 30.7 Å². The van der Waals surface area contributed by atoms with Gasteiger partial charge in [-0.05, 0) is 30.5 Å². The maximum absolute atomic E-state index is 11.9. The minimum Gasteiger partial charge on any atom is -0.355 e. The lowest BCUT2D eigenvalue weighted by Gasteiger charge is -2.40. The van der Waals surface area contributed by atoms with E-state index in [2.05, 4.69) is 45.5 Å². The lowest BCUT2D eigenvalue weighted by molar-refractivity contribution is -0.132. The largest absolute Gasteiger partial charge is 0.355 e. The van der Waals surface area contributed by atoms with E-state index >= 15 is 0 Å². The molecule has 1 atom stereocenters. The van der Waals surface area contributed by atoms with E-state index in [1.165, 1.54) is 12.0 Å². The van der Waals surface area contributed by atoms with Crippen molar-refractivity contribution in [3.8, 4) is 0 Å². The van der Waals surface area contributed by atoms with E-state index < -0.39 is 0 Å². The van der Waals surface area contributed by atoms with Gasteiger partial charge in [0.1, 0.15) is 0 Å². The van der Waals surface area contributed by atoms with Crippen molar-refractivity contribution in [2.24, 2.45) is 5.41 Å². The molecule has 1 saturated carbocycles. The van der Waals surface area contributed by atoms with Crippen molar-refractivity contribution in [2.75, 3.05) is 6.54 Å². The molecule has 2 aliphatic rings. The number of nitrogens with one attached hydrogen (secondary N) is 1. The molecule has 84 valence electrons. The standard InChI is InChI=1S/C13H14BrNO/c14-10-4-2-9(3-5-10)11-8-15-12(16)13(11)6-1-7-13/h2-5,11H,1,6-8H2,(H,15,16)/t11-/m1/s1. The summed E-state index contributed by atoms with van der Waals surface area (Å²) in [7, 11) is 0. The van der Waals surface area contributed by atoms with Crippen LogP contribution in [0.4, 0.5) is 0 Å². The molecular formula is C13H14BrNO. The molecule has 1 heterocycles. The summed E-state index contributed by atoms with van der Waals surface area (Å²) in [6, 6.07) is 8.39. The average molecular weight is 280 g/mol. The summed E-state index contributed by atoms with van der Waals surface area (Å²) in [6.45, 7) is 0.806. The number of carbonyl (C=O) groups excluding carboxylic acids is 1. The molecule has 1 amide bonds. The molecule has 1 aromatic carbocycles. The van der Waals surface area contributed by atoms with E-state index in [9.17, 15) is 4.79 Å². The van der Waals surface area contributed by atoms with Crippen LogP contribution in [-0.2, 0) is 4.79 Å². The Morgan fingerprint density at radius 2 is 1.94 bits per heavy atom. The Bertz CT molecular complexity index is 422. The van der Waals surface area contributed by atoms with Gasteiger partial charge in [-0.15, -0.1) is 0 Å². The van der Waals surface area contributed by atoms with Crippen LogP contribution in [0.5, 0.6) is 0 Å². The van der Waals surface area contributed by atoms with Crippen molar-refractivity contribution in [2.45, 2.75) is 25.2 Å². The molecule has 3 heteroatoms. The Morgan fingerprint density at radius 1 is 1.25 bits per heavy atom. The van der Waals surface area contributed by atoms with Crippen LogP contribution in [0, 0.1) is 5.41 Å². The van der Waals surface area contributed by atoms with E-state index in [-0.39, 0.29) is 11.3 Å². The van der Waals surface area contributed by atoms with Crippen LogP contribution in [-0.4, -0.2) is 12.5 Å². The molecule has 1 aromatic rings. The van der Waals surface area contributed by atoms with Crippen molar-refractivity contribution in [1.82, 2.24) is 5.32 Å². The van der Waals surface area contributed by atoms with Crippen molar-refractivity contribution in [1.29, 1.82) is 0 Å². The Morgan fingerprint density at radius 3 is 2.50 bits per heavy atom. The molecule has 0 aromatic heterocycles. The van der Waals surface area contributed by atoms with E-state index in [1.54, 1.807) is 0 Å². The molecule has 2 fully saturated rings. The normalized spacial score (nSPS) is 26.6. The molecule has 1 aliphatic heterocycles. The summed E-state index contributed by atoms with van der Waals surface area (Å²) in [5.74, 6) is 0.647. The third-order valence-corrected chi connectivity index (χ3v) is 4.63. The summed E-state index contributed by atoms with van der Waals surface area (Å²) < 4.78 is 1.09. The fourth-order valence-electron chi connectivity index (χ4n) is 2.99. The summed E-state index contributed by atoms with van der Waals surface area (Å²) in [4.78, 5) is 11.9. The first-order chi connectivity index (χ1) is 7.72. The fourth-order valence-corrected chi connectivity index (χ4v) is 3.25. The van der Waals surface area contributed by atoms with Crippen LogP contribution < -0.4 is 5.32 Å². The van der Waals surface area contributed by atoms with Gasteiger partial charge in [0.05, 0.1) is 5.41 Å². The molecular weight excluding hydrogens is 266 g/mol. The van der Waals surface area contributed by atoms with Gasteiger partial charge in [0.25, 0.3) is 0 Å². The Kier molecular flexibility index (Phi) is 2.32. The minimum absolute atomic E-state index is 0.0756. The van der Waals surface area contributed by atoms with E-state index in [0.29, 0.717) is 5.92 Å². The monoisotopic (exact) mass is 279 g/mol. The fraction of sp³-hybridized carbons (Fsp3) is 0.462. The zero-order valence-corrected chi connectivity index (χ0v) is 10.6. The molecule has 1 spiro atoms. The predicted octanol–water partition coefficient (Wildman–Crippen LogP) is 2.83. The van der Waals surface area contributed by atoms with Crippen LogP contribution in [0.3, 0.4) is 0 Å². The second-order valence-corrected chi connectivity index (χ2v) is 5.74. The van der Waals surface area contributed by atoms with E-state index in [4.69, 9.17) is 0 Å². The molecule has 2 nitrogen and oxygen atoms in total. The maximum Gasteiger partial charge on any atom is 0.226 e. The van der Waals surface area contributed by atoms with Gasteiger partial charge in [-0.1, -0.05) is 34.5 Å². The highest BCUT2D eigenvalue weighted by Crippen LogP contribution is 2.54. The first-order valence-corrected chi connectivity index (χ1v) is 6.55. The highest BCUT2D eigenvalue weighted by atomic mass is 79.9. The number of hydrogen-bond donors (Lipinski definition) is 1. The minimum atomic E-state index is -0.0756. The first kappa shape index (κ1) is 10.3. The second kappa shape index (κ2) is 3.59. The smallest absolute Gasteiger partial charge is 0.226 e. The zero-order chi connectivity index (χ0) is 11.2. The van der Waals surface area contributed by atoms with E-state index in [1.807, 2.05) is 0 Å². The average Bonchev–Trinajstić information content (AvgIpc) is 2.56. The van der Waals surface area contributed by atoms with Gasteiger partial charge >= 0.3 is 0 Å². The summed E-state index contributed by atoms with van der Waals surface area (Å²) in [5.41, 5.74) is 1.22. The highest BCUT2D eigenvalue weighted by Gasteiger charge is 2.54. The van der Waals surface area contributed by atoms with Crippen molar-refractivity contribution in [3.05, 3.63) is 34.3 Å². The van der Waals surface area contributed by atoms with Gasteiger partial charge in [0.15, 0.2) is 0 Å². The van der Waals surface area contributed by atoms with Gasteiger partial charge in [0.2, 0.25) is 5.91 Å². The van der Waals surface area contributed by atoms with Crippen LogP contribution in [0.2, 0.25) is 0 Å².